The average molecular weight is 541 g/mol. The predicted molar refractivity (Wildman–Crippen MR) is 126 cm³/mol. The van der Waals surface area contributed by atoms with Gasteiger partial charge >= 0.3 is 0 Å². The summed E-state index contributed by atoms with van der Waals surface area (Å²) < 4.78 is 71.0. The van der Waals surface area contributed by atoms with Crippen LogP contribution in [0.15, 0.2) is 46.2 Å². The molecule has 0 aromatic heterocycles. The van der Waals surface area contributed by atoms with E-state index in [1.165, 1.54) is 24.3 Å². The summed E-state index contributed by atoms with van der Waals surface area (Å²) in [5.41, 5.74) is -0.681. The van der Waals surface area contributed by atoms with Crippen LogP contribution in [0.3, 0.4) is 0 Å². The van der Waals surface area contributed by atoms with Gasteiger partial charge in [-0.2, -0.15) is 0 Å². The number of nitrogens with zero attached hydrogens (tertiary/aromatic N) is 1. The van der Waals surface area contributed by atoms with Gasteiger partial charge in [0, 0.05) is 13.1 Å². The molecule has 1 fully saturated rings. The van der Waals surface area contributed by atoms with Crippen LogP contribution < -0.4 is 24.2 Å². The van der Waals surface area contributed by atoms with Crippen molar-refractivity contribution in [1.82, 2.24) is 14.9 Å². The second-order valence-corrected chi connectivity index (χ2v) is 11.1. The lowest BCUT2D eigenvalue weighted by atomic mass is 10.1. The molecule has 36 heavy (non-hydrogen) atoms. The van der Waals surface area contributed by atoms with Crippen LogP contribution in [-0.2, 0) is 29.6 Å². The fourth-order valence-electron chi connectivity index (χ4n) is 3.64. The minimum absolute atomic E-state index is 0.101. The van der Waals surface area contributed by atoms with Gasteiger partial charge in [-0.25, -0.2) is 21.6 Å². The van der Waals surface area contributed by atoms with Gasteiger partial charge < -0.3 is 19.5 Å². The summed E-state index contributed by atoms with van der Waals surface area (Å²) in [5.74, 6) is -2.15. The second kappa shape index (κ2) is 10.3. The average Bonchev–Trinajstić information content (AvgIpc) is 3.09. The van der Waals surface area contributed by atoms with Crippen molar-refractivity contribution in [3.05, 3.63) is 42.0 Å². The molecule has 2 aliphatic heterocycles. The molecule has 2 aliphatic rings. The van der Waals surface area contributed by atoms with Crippen molar-refractivity contribution < 1.29 is 40.6 Å². The van der Waals surface area contributed by atoms with Gasteiger partial charge in [0.1, 0.15) is 10.5 Å². The number of anilines is 1. The molecule has 15 heteroatoms. The fourth-order valence-corrected chi connectivity index (χ4v) is 5.89. The van der Waals surface area contributed by atoms with Crippen molar-refractivity contribution >= 4 is 37.5 Å². The number of hydrogen-bond acceptors (Lipinski definition) is 10. The SMILES string of the molecule is COc1c(OCC(=O)NCN2CCOCC2)c(NS(=O)(=O)c2ccccc2)cc2c1C(=O)NS2(=O)=O. The van der Waals surface area contributed by atoms with E-state index in [2.05, 4.69) is 10.0 Å². The minimum Gasteiger partial charge on any atom is -0.492 e. The van der Waals surface area contributed by atoms with Crippen molar-refractivity contribution in [2.75, 3.05) is 51.4 Å². The molecule has 194 valence electrons. The predicted octanol–water partition coefficient (Wildman–Crippen LogP) is -0.287. The van der Waals surface area contributed by atoms with E-state index in [-0.39, 0.29) is 34.3 Å². The molecule has 2 aromatic rings. The van der Waals surface area contributed by atoms with Crippen LogP contribution in [0.2, 0.25) is 0 Å². The highest BCUT2D eigenvalue weighted by atomic mass is 32.2. The highest BCUT2D eigenvalue weighted by Gasteiger charge is 2.39. The molecule has 0 unspecified atom stereocenters. The third kappa shape index (κ3) is 5.38. The lowest BCUT2D eigenvalue weighted by Crippen LogP contribution is -2.44. The molecule has 0 spiro atoms. The number of carbonyl (C=O) groups is 2. The molecule has 3 N–H and O–H groups in total. The van der Waals surface area contributed by atoms with Gasteiger partial charge in [0.15, 0.2) is 18.1 Å². The van der Waals surface area contributed by atoms with E-state index >= 15 is 0 Å². The summed E-state index contributed by atoms with van der Waals surface area (Å²) in [5, 5.41) is 2.68. The number of nitrogens with one attached hydrogen (secondary N) is 3. The van der Waals surface area contributed by atoms with Gasteiger partial charge in [0.05, 0.1) is 37.6 Å². The van der Waals surface area contributed by atoms with E-state index < -0.39 is 43.4 Å². The fraction of sp³-hybridized carbons (Fsp3) is 0.333. The first kappa shape index (κ1) is 25.7. The lowest BCUT2D eigenvalue weighted by molar-refractivity contribution is -0.124. The number of rotatable bonds is 9. The number of sulfonamides is 2. The van der Waals surface area contributed by atoms with Crippen molar-refractivity contribution in [3.8, 4) is 11.5 Å². The molecule has 0 aliphatic carbocycles. The van der Waals surface area contributed by atoms with Crippen molar-refractivity contribution in [2.45, 2.75) is 9.79 Å². The Morgan fingerprint density at radius 3 is 2.53 bits per heavy atom. The van der Waals surface area contributed by atoms with E-state index in [1.54, 1.807) is 6.07 Å². The molecule has 1 saturated heterocycles. The number of carbonyl (C=O) groups excluding carboxylic acids is 2. The lowest BCUT2D eigenvalue weighted by Gasteiger charge is -2.26. The quantitative estimate of drug-likeness (QED) is 0.384. The number of ether oxygens (including phenoxy) is 3. The monoisotopic (exact) mass is 540 g/mol. The summed E-state index contributed by atoms with van der Waals surface area (Å²) in [7, 11) is -7.30. The van der Waals surface area contributed by atoms with Crippen molar-refractivity contribution in [2.24, 2.45) is 0 Å². The van der Waals surface area contributed by atoms with Crippen LogP contribution in [0.1, 0.15) is 10.4 Å². The Balaban J connectivity index is 1.65. The topological polar surface area (TPSA) is 169 Å². The molecule has 0 atom stereocenters. The van der Waals surface area contributed by atoms with Crippen LogP contribution in [0, 0.1) is 0 Å². The smallest absolute Gasteiger partial charge is 0.270 e. The summed E-state index contributed by atoms with van der Waals surface area (Å²) in [6.07, 6.45) is 0. The first-order valence-electron chi connectivity index (χ1n) is 10.7. The van der Waals surface area contributed by atoms with Crippen molar-refractivity contribution in [3.63, 3.8) is 0 Å². The molecule has 4 rings (SSSR count). The molecular formula is C21H24N4O9S2. The third-order valence-corrected chi connectivity index (χ3v) is 8.13. The Labute approximate surface area is 207 Å². The number of hydrogen-bond donors (Lipinski definition) is 3. The largest absolute Gasteiger partial charge is 0.492 e. The number of amides is 2. The van der Waals surface area contributed by atoms with E-state index in [0.29, 0.717) is 26.3 Å². The van der Waals surface area contributed by atoms with Gasteiger partial charge in [0.25, 0.3) is 31.9 Å². The minimum atomic E-state index is -4.26. The molecule has 0 radical (unpaired) electrons. The second-order valence-electron chi connectivity index (χ2n) is 7.79. The highest BCUT2D eigenvalue weighted by Crippen LogP contribution is 2.45. The van der Waals surface area contributed by atoms with Gasteiger partial charge in [0.2, 0.25) is 0 Å². The van der Waals surface area contributed by atoms with E-state index in [0.717, 1.165) is 13.2 Å². The maximum absolute atomic E-state index is 13.0. The summed E-state index contributed by atoms with van der Waals surface area (Å²) in [6.45, 7) is 2.08. The molecule has 13 nitrogen and oxygen atoms in total. The van der Waals surface area contributed by atoms with E-state index in [1.807, 2.05) is 9.62 Å². The molecule has 0 saturated carbocycles. The number of benzene rings is 2. The Morgan fingerprint density at radius 1 is 1.17 bits per heavy atom. The Hall–Kier alpha value is -3.40. The van der Waals surface area contributed by atoms with E-state index in [9.17, 15) is 26.4 Å². The first-order valence-corrected chi connectivity index (χ1v) is 13.7. The van der Waals surface area contributed by atoms with Gasteiger partial charge in [-0.15, -0.1) is 0 Å². The third-order valence-electron chi connectivity index (χ3n) is 5.40. The number of morpholine rings is 1. The maximum Gasteiger partial charge on any atom is 0.270 e. The Bertz CT molecular complexity index is 1370. The number of fused-ring (bicyclic) bond motifs is 1. The van der Waals surface area contributed by atoms with Crippen LogP contribution in [0.4, 0.5) is 5.69 Å². The summed E-state index contributed by atoms with van der Waals surface area (Å²) in [6, 6.07) is 8.29. The van der Waals surface area contributed by atoms with E-state index in [4.69, 9.17) is 14.2 Å². The zero-order chi connectivity index (χ0) is 25.9. The van der Waals surface area contributed by atoms with Crippen LogP contribution in [0.25, 0.3) is 0 Å². The summed E-state index contributed by atoms with van der Waals surface area (Å²) in [4.78, 5) is 26.2. The maximum atomic E-state index is 13.0. The van der Waals surface area contributed by atoms with Gasteiger partial charge in [-0.3, -0.25) is 19.2 Å². The molecule has 2 heterocycles. The zero-order valence-corrected chi connectivity index (χ0v) is 20.8. The van der Waals surface area contributed by atoms with Crippen LogP contribution in [0.5, 0.6) is 11.5 Å². The normalized spacial score (nSPS) is 17.1. The highest BCUT2D eigenvalue weighted by molar-refractivity contribution is 7.92. The zero-order valence-electron chi connectivity index (χ0n) is 19.1. The van der Waals surface area contributed by atoms with Crippen molar-refractivity contribution in [1.29, 1.82) is 0 Å². The standard InChI is InChI=1S/C21H24N4O9S2/c1-32-20-18-16(36(30,31)24-21(18)27)11-15(23-35(28,29)14-5-3-2-4-6-14)19(20)34-12-17(26)22-13-25-7-9-33-10-8-25/h2-6,11,23H,7-10,12-13H2,1H3,(H,22,26)(H,24,27). The number of methoxy groups -OCH3 is 1. The first-order chi connectivity index (χ1) is 17.1. The molecular weight excluding hydrogens is 516 g/mol. The molecule has 2 amide bonds. The van der Waals surface area contributed by atoms with Crippen LogP contribution >= 0.6 is 0 Å². The summed E-state index contributed by atoms with van der Waals surface area (Å²) >= 11 is 0. The van der Waals surface area contributed by atoms with Crippen LogP contribution in [-0.4, -0.2) is 80.2 Å². The Kier molecular flexibility index (Phi) is 7.35. The van der Waals surface area contributed by atoms with Gasteiger partial charge in [-0.1, -0.05) is 18.2 Å². The Morgan fingerprint density at radius 2 is 1.86 bits per heavy atom. The van der Waals surface area contributed by atoms with Gasteiger partial charge in [-0.05, 0) is 18.2 Å². The molecule has 2 aromatic carbocycles. The molecule has 0 bridgehead atoms.